The van der Waals surface area contributed by atoms with E-state index in [4.69, 9.17) is 0 Å². The van der Waals surface area contributed by atoms with Crippen LogP contribution in [0.4, 0.5) is 8.78 Å². The van der Waals surface area contributed by atoms with E-state index in [-0.39, 0.29) is 6.04 Å². The van der Waals surface area contributed by atoms with Gasteiger partial charge in [0.2, 0.25) is 0 Å². The Morgan fingerprint density at radius 1 is 1.14 bits per heavy atom. The highest BCUT2D eigenvalue weighted by Crippen LogP contribution is 2.40. The van der Waals surface area contributed by atoms with Crippen molar-refractivity contribution in [2.24, 2.45) is 0 Å². The van der Waals surface area contributed by atoms with Crippen LogP contribution in [0.2, 0.25) is 0 Å². The van der Waals surface area contributed by atoms with E-state index in [2.05, 4.69) is 19.7 Å². The summed E-state index contributed by atoms with van der Waals surface area (Å²) in [6.45, 7) is 4.44. The Balaban J connectivity index is 1.54. The zero-order valence-corrected chi connectivity index (χ0v) is 12.5. The lowest BCUT2D eigenvalue weighted by Gasteiger charge is -2.33. The van der Waals surface area contributed by atoms with Crippen molar-refractivity contribution >= 4 is 0 Å². The van der Waals surface area contributed by atoms with Crippen LogP contribution in [0.5, 0.6) is 0 Å². The van der Waals surface area contributed by atoms with Gasteiger partial charge in [-0.2, -0.15) is 0 Å². The molecule has 0 N–H and O–H groups in total. The van der Waals surface area contributed by atoms with Crippen molar-refractivity contribution < 1.29 is 8.78 Å². The van der Waals surface area contributed by atoms with Crippen LogP contribution in [-0.4, -0.2) is 26.2 Å². The molecule has 4 nitrogen and oxygen atoms in total. The third kappa shape index (κ3) is 2.31. The summed E-state index contributed by atoms with van der Waals surface area (Å²) in [4.78, 5) is 2.23. The Labute approximate surface area is 127 Å². The fourth-order valence-electron chi connectivity index (χ4n) is 3.16. The monoisotopic (exact) mass is 304 g/mol. The topological polar surface area (TPSA) is 34.0 Å². The number of rotatable bonds is 3. The van der Waals surface area contributed by atoms with Gasteiger partial charge in [0.1, 0.15) is 11.6 Å². The van der Waals surface area contributed by atoms with E-state index < -0.39 is 11.6 Å². The summed E-state index contributed by atoms with van der Waals surface area (Å²) in [5.41, 5.74) is 0.786. The largest absolute Gasteiger partial charge is 0.312 e. The van der Waals surface area contributed by atoms with Gasteiger partial charge in [-0.15, -0.1) is 10.2 Å². The molecule has 1 aromatic carbocycles. The fraction of sp³-hybridized carbons (Fsp3) is 0.500. The first kappa shape index (κ1) is 13.8. The quantitative estimate of drug-likeness (QED) is 0.874. The lowest BCUT2D eigenvalue weighted by molar-refractivity contribution is 0.162. The van der Waals surface area contributed by atoms with Gasteiger partial charge in [0.05, 0.1) is 6.54 Å². The van der Waals surface area contributed by atoms with E-state index in [0.29, 0.717) is 12.5 Å². The highest BCUT2D eigenvalue weighted by atomic mass is 19.2. The standard InChI is InChI=1S/C16H18F2N4/c1-10(12-4-5-13(17)14(18)8-12)21-6-7-22-15(9-21)19-20-16(22)11-2-3-11/h4-5,8,10-11H,2-3,6-7,9H2,1H3. The van der Waals surface area contributed by atoms with Crippen molar-refractivity contribution in [3.63, 3.8) is 0 Å². The number of aromatic nitrogens is 3. The Bertz CT molecular complexity index is 708. The van der Waals surface area contributed by atoms with E-state index in [1.165, 1.54) is 25.0 Å². The molecule has 1 saturated carbocycles. The van der Waals surface area contributed by atoms with Crippen LogP contribution in [0.3, 0.4) is 0 Å². The molecule has 0 radical (unpaired) electrons. The molecule has 1 fully saturated rings. The first-order valence-electron chi connectivity index (χ1n) is 7.74. The maximum Gasteiger partial charge on any atom is 0.159 e. The fourth-order valence-corrected chi connectivity index (χ4v) is 3.16. The van der Waals surface area contributed by atoms with Gasteiger partial charge >= 0.3 is 0 Å². The summed E-state index contributed by atoms with van der Waals surface area (Å²) in [7, 11) is 0. The molecule has 2 aromatic rings. The number of halogens is 2. The summed E-state index contributed by atoms with van der Waals surface area (Å²) in [6.07, 6.45) is 2.43. The molecule has 0 bridgehead atoms. The average molecular weight is 304 g/mol. The summed E-state index contributed by atoms with van der Waals surface area (Å²) in [5.74, 6) is 1.10. The summed E-state index contributed by atoms with van der Waals surface area (Å²) in [6, 6.07) is 4.15. The van der Waals surface area contributed by atoms with Gasteiger partial charge in [0, 0.05) is 25.0 Å². The second-order valence-electron chi connectivity index (χ2n) is 6.22. The number of hydrogen-bond donors (Lipinski definition) is 0. The maximum absolute atomic E-state index is 13.4. The van der Waals surface area contributed by atoms with Gasteiger partial charge in [0.15, 0.2) is 11.6 Å². The summed E-state index contributed by atoms with van der Waals surface area (Å²) in [5, 5.41) is 8.64. The molecule has 4 rings (SSSR count). The molecule has 0 amide bonds. The highest BCUT2D eigenvalue weighted by Gasteiger charge is 2.33. The van der Waals surface area contributed by atoms with Gasteiger partial charge < -0.3 is 4.57 Å². The Hall–Kier alpha value is -1.82. The molecule has 116 valence electrons. The number of nitrogens with zero attached hydrogens (tertiary/aromatic N) is 4. The van der Waals surface area contributed by atoms with Crippen molar-refractivity contribution in [1.29, 1.82) is 0 Å². The molecule has 2 heterocycles. The van der Waals surface area contributed by atoms with Crippen LogP contribution in [0.25, 0.3) is 0 Å². The van der Waals surface area contributed by atoms with Crippen LogP contribution >= 0.6 is 0 Å². The van der Waals surface area contributed by atoms with Gasteiger partial charge in [-0.1, -0.05) is 6.07 Å². The highest BCUT2D eigenvalue weighted by molar-refractivity contribution is 5.21. The second kappa shape index (κ2) is 5.12. The average Bonchev–Trinajstić information content (AvgIpc) is 3.28. The van der Waals surface area contributed by atoms with E-state index >= 15 is 0 Å². The van der Waals surface area contributed by atoms with Crippen molar-refractivity contribution in [2.75, 3.05) is 6.54 Å². The summed E-state index contributed by atoms with van der Waals surface area (Å²) < 4.78 is 28.7. The van der Waals surface area contributed by atoms with Crippen LogP contribution in [0, 0.1) is 11.6 Å². The number of benzene rings is 1. The smallest absolute Gasteiger partial charge is 0.159 e. The minimum atomic E-state index is -0.802. The van der Waals surface area contributed by atoms with E-state index in [1.807, 2.05) is 6.92 Å². The molecule has 2 aliphatic rings. The van der Waals surface area contributed by atoms with E-state index in [0.717, 1.165) is 30.3 Å². The zero-order chi connectivity index (χ0) is 15.3. The molecule has 22 heavy (non-hydrogen) atoms. The van der Waals surface area contributed by atoms with Crippen LogP contribution in [0.1, 0.15) is 48.9 Å². The molecule has 1 aromatic heterocycles. The number of fused-ring (bicyclic) bond motifs is 1. The van der Waals surface area contributed by atoms with Crippen molar-refractivity contribution in [1.82, 2.24) is 19.7 Å². The minimum absolute atomic E-state index is 0.0184. The normalized spacial score (nSPS) is 20.0. The third-order valence-corrected chi connectivity index (χ3v) is 4.73. The molecule has 0 spiro atoms. The first-order chi connectivity index (χ1) is 10.6. The Kier molecular flexibility index (Phi) is 3.22. The van der Waals surface area contributed by atoms with Gasteiger partial charge in [-0.05, 0) is 37.5 Å². The molecular formula is C16H18F2N4. The number of hydrogen-bond acceptors (Lipinski definition) is 3. The van der Waals surface area contributed by atoms with Gasteiger partial charge in [-0.3, -0.25) is 4.90 Å². The molecule has 1 unspecified atom stereocenters. The molecule has 1 aliphatic carbocycles. The van der Waals surface area contributed by atoms with Crippen LogP contribution in [-0.2, 0) is 13.1 Å². The molecule has 0 saturated heterocycles. The van der Waals surface area contributed by atoms with Gasteiger partial charge in [-0.25, -0.2) is 8.78 Å². The third-order valence-electron chi connectivity index (χ3n) is 4.73. The lowest BCUT2D eigenvalue weighted by atomic mass is 10.1. The van der Waals surface area contributed by atoms with Crippen LogP contribution in [0.15, 0.2) is 18.2 Å². The molecule has 1 aliphatic heterocycles. The Morgan fingerprint density at radius 2 is 1.95 bits per heavy atom. The lowest BCUT2D eigenvalue weighted by Crippen LogP contribution is -2.36. The predicted octanol–water partition coefficient (Wildman–Crippen LogP) is 3.01. The Morgan fingerprint density at radius 3 is 2.68 bits per heavy atom. The minimum Gasteiger partial charge on any atom is -0.312 e. The van der Waals surface area contributed by atoms with Crippen molar-refractivity contribution in [3.05, 3.63) is 47.0 Å². The molecule has 1 atom stereocenters. The molecule has 6 heteroatoms. The maximum atomic E-state index is 13.4. The van der Waals surface area contributed by atoms with Crippen LogP contribution < -0.4 is 0 Å². The van der Waals surface area contributed by atoms with E-state index in [9.17, 15) is 8.78 Å². The SMILES string of the molecule is CC(c1ccc(F)c(F)c1)N1CCn2c(nnc2C2CC2)C1. The zero-order valence-electron chi connectivity index (χ0n) is 12.5. The first-order valence-corrected chi connectivity index (χ1v) is 7.74. The molecular weight excluding hydrogens is 286 g/mol. The predicted molar refractivity (Wildman–Crippen MR) is 77.2 cm³/mol. The van der Waals surface area contributed by atoms with Crippen molar-refractivity contribution in [2.45, 2.75) is 44.8 Å². The summed E-state index contributed by atoms with van der Waals surface area (Å²) >= 11 is 0. The van der Waals surface area contributed by atoms with E-state index in [1.54, 1.807) is 6.07 Å². The second-order valence-corrected chi connectivity index (χ2v) is 6.22. The van der Waals surface area contributed by atoms with Crippen molar-refractivity contribution in [3.8, 4) is 0 Å². The van der Waals surface area contributed by atoms with Gasteiger partial charge in [0.25, 0.3) is 0 Å².